The third-order valence-electron chi connectivity index (χ3n) is 2.45. The molecule has 0 saturated heterocycles. The molecule has 3 N–H and O–H groups in total. The van der Waals surface area contributed by atoms with E-state index in [2.05, 4.69) is 5.32 Å². The van der Waals surface area contributed by atoms with E-state index in [-0.39, 0.29) is 27.4 Å². The van der Waals surface area contributed by atoms with Crippen LogP contribution in [-0.2, 0) is 10.0 Å². The first-order valence-corrected chi connectivity index (χ1v) is 7.30. The first kappa shape index (κ1) is 14.9. The maximum Gasteiger partial charge on any atom is 0.251 e. The minimum absolute atomic E-state index is 0.00517. The molecule has 0 radical (unpaired) electrons. The quantitative estimate of drug-likeness (QED) is 0.881. The van der Waals surface area contributed by atoms with Crippen LogP contribution in [0.3, 0.4) is 0 Å². The van der Waals surface area contributed by atoms with E-state index in [0.717, 1.165) is 6.42 Å². The van der Waals surface area contributed by atoms with E-state index in [1.54, 1.807) is 0 Å². The van der Waals surface area contributed by atoms with Crippen molar-refractivity contribution in [3.8, 4) is 0 Å². The Bertz CT molecular complexity index is 557. The lowest BCUT2D eigenvalue weighted by atomic mass is 10.2. The van der Waals surface area contributed by atoms with Gasteiger partial charge in [-0.25, -0.2) is 13.6 Å². The molecule has 1 rings (SSSR count). The number of carbonyl (C=O) groups is 1. The predicted molar refractivity (Wildman–Crippen MR) is 70.0 cm³/mol. The highest BCUT2D eigenvalue weighted by Crippen LogP contribution is 2.18. The molecule has 5 nitrogen and oxygen atoms in total. The van der Waals surface area contributed by atoms with Gasteiger partial charge in [-0.05, 0) is 31.5 Å². The summed E-state index contributed by atoms with van der Waals surface area (Å²) in [5, 5.41) is 7.87. The standard InChI is InChI=1S/C11H15ClN2O3S/c1-3-7(2)14-11(15)8-4-9(12)6-10(5-8)18(13,16)17/h4-7H,3H2,1-2H3,(H,14,15)(H2,13,16,17). The van der Waals surface area contributed by atoms with Crippen molar-refractivity contribution in [3.05, 3.63) is 28.8 Å². The maximum absolute atomic E-state index is 11.8. The van der Waals surface area contributed by atoms with Gasteiger partial charge < -0.3 is 5.32 Å². The summed E-state index contributed by atoms with van der Waals surface area (Å²) >= 11 is 5.77. The molecular formula is C11H15ClN2O3S. The van der Waals surface area contributed by atoms with Crippen LogP contribution >= 0.6 is 11.6 Å². The minimum Gasteiger partial charge on any atom is -0.350 e. The number of nitrogens with one attached hydrogen (secondary N) is 1. The van der Waals surface area contributed by atoms with Gasteiger partial charge in [0.2, 0.25) is 10.0 Å². The maximum atomic E-state index is 11.8. The van der Waals surface area contributed by atoms with Gasteiger partial charge in [-0.15, -0.1) is 0 Å². The molecule has 0 bridgehead atoms. The molecule has 7 heteroatoms. The van der Waals surface area contributed by atoms with Gasteiger partial charge in [0, 0.05) is 16.6 Å². The Morgan fingerprint density at radius 1 is 1.44 bits per heavy atom. The van der Waals surface area contributed by atoms with Crippen molar-refractivity contribution in [2.45, 2.75) is 31.2 Å². The summed E-state index contributed by atoms with van der Waals surface area (Å²) in [5.74, 6) is -0.378. The van der Waals surface area contributed by atoms with Crippen LogP contribution in [0.5, 0.6) is 0 Å². The Morgan fingerprint density at radius 2 is 2.06 bits per heavy atom. The molecular weight excluding hydrogens is 276 g/mol. The van der Waals surface area contributed by atoms with Gasteiger partial charge in [0.1, 0.15) is 0 Å². The third-order valence-corrected chi connectivity index (χ3v) is 3.56. The molecule has 1 unspecified atom stereocenters. The number of nitrogens with two attached hydrogens (primary N) is 1. The molecule has 1 aromatic carbocycles. The summed E-state index contributed by atoms with van der Waals surface area (Å²) in [7, 11) is -3.88. The largest absolute Gasteiger partial charge is 0.350 e. The zero-order valence-corrected chi connectivity index (χ0v) is 11.7. The zero-order chi connectivity index (χ0) is 13.9. The fraction of sp³-hybridized carbons (Fsp3) is 0.364. The van der Waals surface area contributed by atoms with Gasteiger partial charge in [-0.2, -0.15) is 0 Å². The van der Waals surface area contributed by atoms with Gasteiger partial charge in [-0.1, -0.05) is 18.5 Å². The Morgan fingerprint density at radius 3 is 2.56 bits per heavy atom. The first-order valence-electron chi connectivity index (χ1n) is 5.38. The summed E-state index contributed by atoms with van der Waals surface area (Å²) in [5.41, 5.74) is 0.173. The summed E-state index contributed by atoms with van der Waals surface area (Å²) in [6, 6.07) is 3.80. The first-order chi connectivity index (χ1) is 8.24. The summed E-state index contributed by atoms with van der Waals surface area (Å²) in [6.45, 7) is 3.78. The topological polar surface area (TPSA) is 89.3 Å². The smallest absolute Gasteiger partial charge is 0.251 e. The molecule has 1 amide bonds. The van der Waals surface area contributed by atoms with Gasteiger partial charge in [0.05, 0.1) is 4.90 Å². The molecule has 0 aliphatic carbocycles. The monoisotopic (exact) mass is 290 g/mol. The predicted octanol–water partition coefficient (Wildman–Crippen LogP) is 1.52. The second kappa shape index (κ2) is 5.69. The van der Waals surface area contributed by atoms with Gasteiger partial charge >= 0.3 is 0 Å². The Kier molecular flexibility index (Phi) is 4.72. The van der Waals surface area contributed by atoms with Gasteiger partial charge in [0.25, 0.3) is 5.91 Å². The molecule has 0 aliphatic heterocycles. The molecule has 18 heavy (non-hydrogen) atoms. The van der Waals surface area contributed by atoms with E-state index in [0.29, 0.717) is 0 Å². The van der Waals surface area contributed by atoms with Crippen LogP contribution < -0.4 is 10.5 Å². The number of primary sulfonamides is 1. The highest BCUT2D eigenvalue weighted by Gasteiger charge is 2.15. The van der Waals surface area contributed by atoms with Crippen LogP contribution in [0.1, 0.15) is 30.6 Å². The fourth-order valence-electron chi connectivity index (χ4n) is 1.27. The molecule has 0 spiro atoms. The lowest BCUT2D eigenvalue weighted by Gasteiger charge is -2.12. The number of hydrogen-bond donors (Lipinski definition) is 2. The van der Waals surface area contributed by atoms with Crippen LogP contribution in [0.25, 0.3) is 0 Å². The van der Waals surface area contributed by atoms with Crippen molar-refractivity contribution in [3.63, 3.8) is 0 Å². The Balaban J connectivity index is 3.11. The minimum atomic E-state index is -3.88. The van der Waals surface area contributed by atoms with Crippen molar-refractivity contribution >= 4 is 27.5 Å². The molecule has 0 aromatic heterocycles. The number of halogens is 1. The molecule has 0 heterocycles. The molecule has 0 aliphatic rings. The molecule has 100 valence electrons. The van der Waals surface area contributed by atoms with Gasteiger partial charge in [0.15, 0.2) is 0 Å². The van der Waals surface area contributed by atoms with Crippen molar-refractivity contribution < 1.29 is 13.2 Å². The normalized spacial score (nSPS) is 13.1. The number of amides is 1. The number of sulfonamides is 1. The average Bonchev–Trinajstić information content (AvgIpc) is 2.26. The van der Waals surface area contributed by atoms with Crippen molar-refractivity contribution in [2.75, 3.05) is 0 Å². The number of hydrogen-bond acceptors (Lipinski definition) is 3. The fourth-order valence-corrected chi connectivity index (χ4v) is 2.15. The average molecular weight is 291 g/mol. The van der Waals surface area contributed by atoms with Crippen LogP contribution in [-0.4, -0.2) is 20.4 Å². The zero-order valence-electron chi connectivity index (χ0n) is 10.1. The van der Waals surface area contributed by atoms with E-state index in [9.17, 15) is 13.2 Å². The highest BCUT2D eigenvalue weighted by atomic mass is 35.5. The van der Waals surface area contributed by atoms with Crippen LogP contribution in [0.15, 0.2) is 23.1 Å². The van der Waals surface area contributed by atoms with Gasteiger partial charge in [-0.3, -0.25) is 4.79 Å². The second-order valence-corrected chi connectivity index (χ2v) is 6.00. The third kappa shape index (κ3) is 3.97. The van der Waals surface area contributed by atoms with Crippen molar-refractivity contribution in [1.29, 1.82) is 0 Å². The number of rotatable bonds is 4. The van der Waals surface area contributed by atoms with E-state index < -0.39 is 10.0 Å². The Hall–Kier alpha value is -1.11. The van der Waals surface area contributed by atoms with E-state index in [1.807, 2.05) is 13.8 Å². The summed E-state index contributed by atoms with van der Waals surface area (Å²) in [4.78, 5) is 11.7. The molecule has 1 aromatic rings. The molecule has 0 saturated carbocycles. The van der Waals surface area contributed by atoms with Crippen molar-refractivity contribution in [2.24, 2.45) is 5.14 Å². The van der Waals surface area contributed by atoms with Crippen LogP contribution in [0.2, 0.25) is 5.02 Å². The Labute approximate surface area is 111 Å². The lowest BCUT2D eigenvalue weighted by Crippen LogP contribution is -2.32. The van der Waals surface area contributed by atoms with Crippen LogP contribution in [0.4, 0.5) is 0 Å². The number of carbonyl (C=O) groups excluding carboxylic acids is 1. The lowest BCUT2D eigenvalue weighted by molar-refractivity contribution is 0.0939. The highest BCUT2D eigenvalue weighted by molar-refractivity contribution is 7.89. The van der Waals surface area contributed by atoms with E-state index >= 15 is 0 Å². The number of benzene rings is 1. The van der Waals surface area contributed by atoms with E-state index in [1.165, 1.54) is 18.2 Å². The summed E-state index contributed by atoms with van der Waals surface area (Å²) in [6.07, 6.45) is 0.772. The SMILES string of the molecule is CCC(C)NC(=O)c1cc(Cl)cc(S(N)(=O)=O)c1. The molecule has 1 atom stereocenters. The second-order valence-electron chi connectivity index (χ2n) is 4.00. The van der Waals surface area contributed by atoms with Crippen LogP contribution in [0, 0.1) is 0 Å². The molecule has 0 fully saturated rings. The van der Waals surface area contributed by atoms with E-state index in [4.69, 9.17) is 16.7 Å². The summed E-state index contributed by atoms with van der Waals surface area (Å²) < 4.78 is 22.5. The van der Waals surface area contributed by atoms with Crippen molar-refractivity contribution in [1.82, 2.24) is 5.32 Å².